The average molecular weight is 424 g/mol. The van der Waals surface area contributed by atoms with Crippen molar-refractivity contribution >= 4 is 32.7 Å². The number of hydrogen-bond acceptors (Lipinski definition) is 7. The fourth-order valence-electron chi connectivity index (χ4n) is 2.67. The Bertz CT molecular complexity index is 1030. The van der Waals surface area contributed by atoms with Crippen molar-refractivity contribution in [1.29, 1.82) is 0 Å². The van der Waals surface area contributed by atoms with Crippen LogP contribution in [0.4, 0.5) is 0 Å². The largest absolute Gasteiger partial charge is 0.486 e. The molecule has 1 aromatic carbocycles. The van der Waals surface area contributed by atoms with Gasteiger partial charge in [-0.15, -0.1) is 11.3 Å². The summed E-state index contributed by atoms with van der Waals surface area (Å²) in [4.78, 5) is 1.73. The Hall–Kier alpha value is -1.91. The number of ether oxygens (including phenoxy) is 2. The van der Waals surface area contributed by atoms with Gasteiger partial charge in [-0.2, -0.15) is 11.3 Å². The van der Waals surface area contributed by atoms with Crippen molar-refractivity contribution in [2.75, 3.05) is 13.2 Å². The van der Waals surface area contributed by atoms with E-state index in [1.807, 2.05) is 29.0 Å². The van der Waals surface area contributed by atoms with Gasteiger partial charge in [0.2, 0.25) is 10.0 Å². The topological polar surface area (TPSA) is 84.9 Å². The van der Waals surface area contributed by atoms with Crippen LogP contribution in [0.2, 0.25) is 0 Å². The van der Waals surface area contributed by atoms with Crippen LogP contribution in [0, 0.1) is 0 Å². The summed E-state index contributed by atoms with van der Waals surface area (Å²) in [6, 6.07) is 10.1. The van der Waals surface area contributed by atoms with Crippen molar-refractivity contribution in [1.82, 2.24) is 4.72 Å². The van der Waals surface area contributed by atoms with Gasteiger partial charge in [0.05, 0.1) is 4.90 Å². The second-order valence-corrected chi connectivity index (χ2v) is 9.64. The molecule has 0 radical (unpaired) electrons. The first-order valence-corrected chi connectivity index (χ1v) is 11.5. The van der Waals surface area contributed by atoms with Crippen LogP contribution in [0.15, 0.2) is 52.1 Å². The zero-order chi connectivity index (χ0) is 18.9. The second-order valence-electron chi connectivity index (χ2n) is 5.89. The molecule has 1 aliphatic heterocycles. The molecule has 0 spiro atoms. The first kappa shape index (κ1) is 18.5. The number of thiophene rings is 2. The van der Waals surface area contributed by atoms with Crippen molar-refractivity contribution < 1.29 is 23.0 Å². The summed E-state index contributed by atoms with van der Waals surface area (Å²) in [5.41, 5.74) is 0.838. The van der Waals surface area contributed by atoms with E-state index in [9.17, 15) is 13.5 Å². The standard InChI is InChI=1S/C18H17NO5S3/c20-18(12-5-8-25-11-12)17-4-1-13(26-17)10-19-27(21,22)14-2-3-15-16(9-14)24-7-6-23-15/h1-5,8-9,11,18-20H,6-7,10H2/t18-/m1/s1. The molecule has 2 aromatic heterocycles. The molecule has 0 saturated carbocycles. The third-order valence-electron chi connectivity index (χ3n) is 4.07. The number of hydrogen-bond donors (Lipinski definition) is 2. The molecule has 6 nitrogen and oxygen atoms in total. The number of aliphatic hydroxyl groups excluding tert-OH is 1. The Morgan fingerprint density at radius 3 is 2.70 bits per heavy atom. The lowest BCUT2D eigenvalue weighted by Crippen LogP contribution is -2.23. The van der Waals surface area contributed by atoms with E-state index in [0.717, 1.165) is 15.3 Å². The number of sulfonamides is 1. The Morgan fingerprint density at radius 2 is 1.93 bits per heavy atom. The highest BCUT2D eigenvalue weighted by molar-refractivity contribution is 7.89. The zero-order valence-electron chi connectivity index (χ0n) is 14.1. The highest BCUT2D eigenvalue weighted by Gasteiger charge is 2.20. The third kappa shape index (κ3) is 4.02. The monoisotopic (exact) mass is 423 g/mol. The van der Waals surface area contributed by atoms with Crippen LogP contribution in [0.3, 0.4) is 0 Å². The van der Waals surface area contributed by atoms with Gasteiger partial charge in [0.25, 0.3) is 0 Å². The Morgan fingerprint density at radius 1 is 1.11 bits per heavy atom. The van der Waals surface area contributed by atoms with Crippen LogP contribution < -0.4 is 14.2 Å². The molecule has 0 aliphatic carbocycles. The van der Waals surface area contributed by atoms with Crippen LogP contribution >= 0.6 is 22.7 Å². The molecule has 0 saturated heterocycles. The first-order chi connectivity index (χ1) is 13.0. The minimum atomic E-state index is -3.69. The van der Waals surface area contributed by atoms with Crippen molar-refractivity contribution in [3.05, 3.63) is 62.5 Å². The maximum Gasteiger partial charge on any atom is 0.241 e. The fourth-order valence-corrected chi connectivity index (χ4v) is 5.43. The normalized spacial score (nSPS) is 14.9. The molecule has 3 aromatic rings. The molecule has 3 heterocycles. The predicted molar refractivity (Wildman–Crippen MR) is 104 cm³/mol. The summed E-state index contributed by atoms with van der Waals surface area (Å²) >= 11 is 2.91. The van der Waals surface area contributed by atoms with Gasteiger partial charge in [0.15, 0.2) is 11.5 Å². The summed E-state index contributed by atoms with van der Waals surface area (Å²) < 4.78 is 38.6. The number of nitrogens with one attached hydrogen (secondary N) is 1. The van der Waals surface area contributed by atoms with Gasteiger partial charge in [-0.1, -0.05) is 0 Å². The van der Waals surface area contributed by atoms with Gasteiger partial charge < -0.3 is 14.6 Å². The van der Waals surface area contributed by atoms with Crippen molar-refractivity contribution in [2.24, 2.45) is 0 Å². The van der Waals surface area contributed by atoms with Crippen LogP contribution in [0.5, 0.6) is 11.5 Å². The Kier molecular flexibility index (Phi) is 5.20. The molecule has 0 bridgehead atoms. The summed E-state index contributed by atoms with van der Waals surface area (Å²) in [5.74, 6) is 0.979. The van der Waals surface area contributed by atoms with Gasteiger partial charge in [0.1, 0.15) is 19.3 Å². The van der Waals surface area contributed by atoms with E-state index >= 15 is 0 Å². The maximum atomic E-state index is 12.6. The minimum Gasteiger partial charge on any atom is -0.486 e. The summed E-state index contributed by atoms with van der Waals surface area (Å²) in [5, 5.41) is 14.2. The Balaban J connectivity index is 1.45. The van der Waals surface area contributed by atoms with E-state index < -0.39 is 16.1 Å². The summed E-state index contributed by atoms with van der Waals surface area (Å²) in [7, 11) is -3.69. The highest BCUT2D eigenvalue weighted by Crippen LogP contribution is 2.33. The number of rotatable bonds is 6. The van der Waals surface area contributed by atoms with Crippen LogP contribution in [0.25, 0.3) is 0 Å². The predicted octanol–water partition coefficient (Wildman–Crippen LogP) is 3.14. The summed E-state index contributed by atoms with van der Waals surface area (Å²) in [6.07, 6.45) is -0.690. The molecule has 1 atom stereocenters. The fraction of sp³-hybridized carbons (Fsp3) is 0.222. The molecule has 1 aliphatic rings. The molecule has 2 N–H and O–H groups in total. The maximum absolute atomic E-state index is 12.6. The highest BCUT2D eigenvalue weighted by atomic mass is 32.2. The second kappa shape index (κ2) is 7.61. The lowest BCUT2D eigenvalue weighted by Gasteiger charge is -2.18. The third-order valence-corrected chi connectivity index (χ3v) is 7.31. The van der Waals surface area contributed by atoms with Crippen molar-refractivity contribution in [2.45, 2.75) is 17.5 Å². The van der Waals surface area contributed by atoms with Crippen molar-refractivity contribution in [3.8, 4) is 11.5 Å². The van der Waals surface area contributed by atoms with E-state index in [2.05, 4.69) is 4.72 Å². The van der Waals surface area contributed by atoms with E-state index in [1.165, 1.54) is 34.8 Å². The lowest BCUT2D eigenvalue weighted by atomic mass is 10.2. The lowest BCUT2D eigenvalue weighted by molar-refractivity contribution is 0.171. The zero-order valence-corrected chi connectivity index (χ0v) is 16.6. The molecule has 9 heteroatoms. The van der Waals surface area contributed by atoms with E-state index in [4.69, 9.17) is 9.47 Å². The summed E-state index contributed by atoms with van der Waals surface area (Å²) in [6.45, 7) is 1.00. The van der Waals surface area contributed by atoms with Crippen LogP contribution in [-0.4, -0.2) is 26.7 Å². The first-order valence-electron chi connectivity index (χ1n) is 8.21. The van der Waals surface area contributed by atoms with Gasteiger partial charge in [-0.25, -0.2) is 13.1 Å². The van der Waals surface area contributed by atoms with E-state index in [1.54, 1.807) is 6.07 Å². The molecule has 27 heavy (non-hydrogen) atoms. The van der Waals surface area contributed by atoms with Gasteiger partial charge in [0, 0.05) is 22.4 Å². The minimum absolute atomic E-state index is 0.127. The number of aliphatic hydroxyl groups is 1. The number of fused-ring (bicyclic) bond motifs is 1. The molecule has 4 rings (SSSR count). The molecule has 0 amide bonds. The average Bonchev–Trinajstić information content (AvgIpc) is 3.37. The van der Waals surface area contributed by atoms with Crippen LogP contribution in [0.1, 0.15) is 21.4 Å². The van der Waals surface area contributed by atoms with E-state index in [-0.39, 0.29) is 11.4 Å². The van der Waals surface area contributed by atoms with Gasteiger partial charge in [-0.3, -0.25) is 0 Å². The molecular weight excluding hydrogens is 406 g/mol. The number of benzene rings is 1. The molecule has 0 unspecified atom stereocenters. The quantitative estimate of drug-likeness (QED) is 0.636. The van der Waals surface area contributed by atoms with Crippen molar-refractivity contribution in [3.63, 3.8) is 0 Å². The SMILES string of the molecule is O=S(=O)(NCc1ccc([C@H](O)c2ccsc2)s1)c1ccc2c(c1)OCCO2. The van der Waals surface area contributed by atoms with E-state index in [0.29, 0.717) is 24.7 Å². The van der Waals surface area contributed by atoms with Gasteiger partial charge in [-0.05, 0) is 46.7 Å². The smallest absolute Gasteiger partial charge is 0.241 e. The van der Waals surface area contributed by atoms with Crippen LogP contribution in [-0.2, 0) is 16.6 Å². The van der Waals surface area contributed by atoms with Gasteiger partial charge >= 0.3 is 0 Å². The Labute approximate surface area is 165 Å². The molecule has 0 fully saturated rings. The molecule has 142 valence electrons. The molecular formula is C18H17NO5S3.